The van der Waals surface area contributed by atoms with Crippen LogP contribution in [0.2, 0.25) is 0 Å². The number of amides is 9. The van der Waals surface area contributed by atoms with Crippen molar-refractivity contribution in [1.29, 1.82) is 0 Å². The smallest absolute Gasteiger partial charge is 0.416 e. The Hall–Kier alpha value is -12.0. The van der Waals surface area contributed by atoms with Crippen LogP contribution >= 0.6 is 0 Å². The fourth-order valence-electron chi connectivity index (χ4n) is 15.7. The molecule has 112 heavy (non-hydrogen) atoms. The summed E-state index contributed by atoms with van der Waals surface area (Å²) in [6.07, 6.45) is 3.69. The highest BCUT2D eigenvalue weighted by Crippen LogP contribution is 2.57. The van der Waals surface area contributed by atoms with Crippen LogP contribution < -0.4 is 60.1 Å². The van der Waals surface area contributed by atoms with Gasteiger partial charge in [0.05, 0.1) is 100 Å². The number of fused-ring (bicyclic) bond motifs is 9. The minimum absolute atomic E-state index is 0.0269. The third-order valence-electron chi connectivity index (χ3n) is 22.3. The fourth-order valence-corrected chi connectivity index (χ4v) is 15.7. The van der Waals surface area contributed by atoms with E-state index in [2.05, 4.69) is 36.9 Å². The molecule has 6 N–H and O–H groups in total. The van der Waals surface area contributed by atoms with Gasteiger partial charge >= 0.3 is 6.09 Å². The summed E-state index contributed by atoms with van der Waals surface area (Å²) in [5.41, 5.74) is 8.65. The van der Waals surface area contributed by atoms with Gasteiger partial charge in [-0.05, 0) is 128 Å². The Bertz CT molecular complexity index is 4830. The average Bonchev–Trinajstić information content (AvgIpc) is 1.56. The number of nitrogens with one attached hydrogen (secondary N) is 5. The van der Waals surface area contributed by atoms with Gasteiger partial charge in [-0.25, -0.2) is 14.4 Å². The van der Waals surface area contributed by atoms with Gasteiger partial charge in [-0.3, -0.25) is 38.4 Å². The maximum Gasteiger partial charge on any atom is 0.416 e. The number of anilines is 4. The molecular formula is C83H93N13O16. The molecular weight excluding hydrogens is 1430 g/mol. The standard InChI is InChI=1S/C83H93N13O16/c1-8-49(4)74(88-77(101)63-19-13-32-91(63)73(100)43-86-71(98)42-85-70(97)28-29-72(99)93-44-52-15-9-10-16-57(52)75-76(96(48(2)3)90-89-75)58-17-11-12-18-62(58)93)78(102)87-54-24-20-50(21-25-54)46-112-82(106)95-64-39-69(67(109-7)37-60(64)80(104)94-47-83(30-31-83)40-65(94)81(95)105)111-34-14-33-110-68-38-61-59(36-66(68)108-6)79(103)92-45-53(35-55(92)41-84-61)51-22-26-56(107-5)27-23-51/h9-12,15-18,20-27,36-39,45,48-49,55,63,65,74,81,84,105H,8,13-14,19,28-35,40-44,46-47H2,1-7H3,(H,85,97)(H,86,98)(H,87,102)(H,88,101)/t49-,55-,63-,65-,74-,81-/m0/s1. The molecule has 1 saturated carbocycles. The minimum Gasteiger partial charge on any atom is -0.497 e. The third kappa shape index (κ3) is 15.9. The van der Waals surface area contributed by atoms with E-state index in [0.29, 0.717) is 97.0 Å². The zero-order chi connectivity index (χ0) is 78.6. The van der Waals surface area contributed by atoms with Crippen molar-refractivity contribution < 1.29 is 76.7 Å². The maximum atomic E-state index is 14.6. The van der Waals surface area contributed by atoms with Crippen molar-refractivity contribution in [3.63, 3.8) is 0 Å². The molecule has 0 unspecified atom stereocenters. The van der Waals surface area contributed by atoms with Crippen LogP contribution in [0, 0.1) is 11.3 Å². The number of benzene rings is 6. The number of para-hydroxylation sites is 1. The summed E-state index contributed by atoms with van der Waals surface area (Å²) in [6.45, 7) is 8.17. The van der Waals surface area contributed by atoms with E-state index in [9.17, 15) is 48.3 Å². The Morgan fingerprint density at radius 2 is 1.44 bits per heavy atom. The summed E-state index contributed by atoms with van der Waals surface area (Å²) in [6, 6.07) is 33.2. The van der Waals surface area contributed by atoms with Gasteiger partial charge in [-0.1, -0.05) is 92.2 Å². The van der Waals surface area contributed by atoms with E-state index in [1.807, 2.05) is 111 Å². The Morgan fingerprint density at radius 1 is 0.732 bits per heavy atom. The van der Waals surface area contributed by atoms with Crippen LogP contribution in [0.5, 0.6) is 28.7 Å². The first-order valence-electron chi connectivity index (χ1n) is 38.2. The molecule has 0 bridgehead atoms. The van der Waals surface area contributed by atoms with Gasteiger partial charge in [0.2, 0.25) is 35.4 Å². The van der Waals surface area contributed by atoms with Crippen LogP contribution in [0.15, 0.2) is 128 Å². The van der Waals surface area contributed by atoms with Crippen LogP contribution in [0.1, 0.15) is 135 Å². The minimum atomic E-state index is -1.50. The number of carbonyl (C=O) groups excluding carboxylic acids is 9. The van der Waals surface area contributed by atoms with E-state index in [4.69, 9.17) is 28.4 Å². The van der Waals surface area contributed by atoms with Gasteiger partial charge in [0.15, 0.2) is 29.2 Å². The molecule has 1 spiro atoms. The number of aliphatic hydroxyl groups is 1. The van der Waals surface area contributed by atoms with Crippen molar-refractivity contribution in [3.05, 3.63) is 155 Å². The summed E-state index contributed by atoms with van der Waals surface area (Å²) in [5.74, 6) is -2.02. The molecule has 29 heteroatoms. The quantitative estimate of drug-likeness (QED) is 0.0275. The lowest BCUT2D eigenvalue weighted by Crippen LogP contribution is -2.55. The molecule has 586 valence electrons. The highest BCUT2D eigenvalue weighted by atomic mass is 16.6. The van der Waals surface area contributed by atoms with Gasteiger partial charge in [-0.2, -0.15) is 0 Å². The summed E-state index contributed by atoms with van der Waals surface area (Å²) in [5, 5.41) is 35.7. The molecule has 3 fully saturated rings. The SMILES string of the molecule is CC[C@H](C)[C@H](NC(=O)[C@@H]1CCCN1C(=O)CNC(=O)CNC(=O)CCC(=O)N1Cc2ccccc2-c2nnn(C(C)C)c2-c2ccccc21)C(=O)Nc1ccc(COC(=O)N2c3cc(OCCCOc4cc5c(cc4OC)C(=O)N4C=C(c6ccc(OC)cc6)C[C@H]4CN5)c(OC)cc3C(=O)N3CC4(CC4)C[C@H]3[C@@H]2O)cc1. The first-order valence-corrected chi connectivity index (χ1v) is 38.2. The first-order chi connectivity index (χ1) is 54.1. The molecule has 14 rings (SSSR count). The molecule has 1 aliphatic carbocycles. The largest absolute Gasteiger partial charge is 0.497 e. The lowest BCUT2D eigenvalue weighted by Gasteiger charge is -2.31. The van der Waals surface area contributed by atoms with E-state index in [1.165, 1.54) is 31.3 Å². The van der Waals surface area contributed by atoms with Gasteiger partial charge < -0.3 is 79.7 Å². The Kier molecular flexibility index (Phi) is 22.5. The van der Waals surface area contributed by atoms with Gasteiger partial charge in [0, 0.05) is 80.1 Å². The Balaban J connectivity index is 0.557. The second-order valence-electron chi connectivity index (χ2n) is 29.8. The topological polar surface area (TPSA) is 336 Å². The van der Waals surface area contributed by atoms with Crippen molar-refractivity contribution in [2.75, 3.05) is 87.7 Å². The molecule has 2 saturated heterocycles. The van der Waals surface area contributed by atoms with E-state index in [0.717, 1.165) is 57.0 Å². The number of rotatable bonds is 26. The van der Waals surface area contributed by atoms with E-state index in [-0.39, 0.29) is 110 Å². The molecule has 7 aliphatic rings. The van der Waals surface area contributed by atoms with E-state index in [1.54, 1.807) is 58.2 Å². The zero-order valence-electron chi connectivity index (χ0n) is 63.7. The summed E-state index contributed by atoms with van der Waals surface area (Å²) >= 11 is 0. The number of methoxy groups -OCH3 is 3. The van der Waals surface area contributed by atoms with E-state index >= 15 is 0 Å². The zero-order valence-corrected chi connectivity index (χ0v) is 63.7. The van der Waals surface area contributed by atoms with Crippen LogP contribution in [0.25, 0.3) is 28.1 Å². The second kappa shape index (κ2) is 32.9. The molecule has 9 amide bonds. The number of likely N-dealkylation sites (tertiary alicyclic amines) is 1. The molecule has 0 radical (unpaired) electrons. The summed E-state index contributed by atoms with van der Waals surface area (Å²) in [7, 11) is 4.58. The maximum absolute atomic E-state index is 14.6. The molecule has 7 heterocycles. The van der Waals surface area contributed by atoms with Crippen LogP contribution in [0.4, 0.5) is 27.5 Å². The van der Waals surface area contributed by atoms with Crippen molar-refractivity contribution in [3.8, 4) is 51.3 Å². The highest BCUT2D eigenvalue weighted by Gasteiger charge is 2.58. The predicted octanol–water partition coefficient (Wildman–Crippen LogP) is 9.24. The first kappa shape index (κ1) is 76.7. The van der Waals surface area contributed by atoms with Crippen molar-refractivity contribution >= 4 is 81.7 Å². The number of hydrogen-bond donors (Lipinski definition) is 6. The second-order valence-corrected chi connectivity index (χ2v) is 29.8. The average molecular weight is 1530 g/mol. The van der Waals surface area contributed by atoms with Gasteiger partial charge in [0.1, 0.15) is 30.1 Å². The summed E-state index contributed by atoms with van der Waals surface area (Å²) in [4.78, 5) is 133. The molecule has 6 aromatic carbocycles. The lowest BCUT2D eigenvalue weighted by atomic mass is 9.95. The van der Waals surface area contributed by atoms with E-state index < -0.39 is 73.1 Å². The number of aliphatic hydroxyl groups excluding tert-OH is 1. The fraction of sp³-hybridized carbons (Fsp3) is 0.410. The Labute approximate surface area is 648 Å². The Morgan fingerprint density at radius 3 is 2.15 bits per heavy atom. The normalized spacial score (nSPS) is 18.7. The van der Waals surface area contributed by atoms with Crippen molar-refractivity contribution in [2.45, 2.75) is 141 Å². The third-order valence-corrected chi connectivity index (χ3v) is 22.3. The predicted molar refractivity (Wildman–Crippen MR) is 414 cm³/mol. The van der Waals surface area contributed by atoms with Crippen LogP contribution in [-0.4, -0.2) is 186 Å². The van der Waals surface area contributed by atoms with Gasteiger partial charge in [-0.15, -0.1) is 5.10 Å². The molecule has 6 atom stereocenters. The van der Waals surface area contributed by atoms with Crippen molar-refractivity contribution in [2.24, 2.45) is 11.3 Å². The number of aromatic nitrogens is 3. The summed E-state index contributed by atoms with van der Waals surface area (Å²) < 4.78 is 37.2. The number of ether oxygens (including phenoxy) is 6. The monoisotopic (exact) mass is 1530 g/mol. The van der Waals surface area contributed by atoms with Crippen LogP contribution in [-0.2, 0) is 46.7 Å². The number of hydrogen-bond acceptors (Lipinski definition) is 19. The molecule has 1 aromatic heterocycles. The highest BCUT2D eigenvalue weighted by molar-refractivity contribution is 6.07. The number of carbonyl (C=O) groups is 9. The molecule has 6 aliphatic heterocycles. The van der Waals surface area contributed by atoms with Gasteiger partial charge in [0.25, 0.3) is 11.8 Å². The lowest BCUT2D eigenvalue weighted by molar-refractivity contribution is -0.139. The van der Waals surface area contributed by atoms with Crippen molar-refractivity contribution in [1.82, 2.24) is 45.6 Å². The molecule has 7 aromatic rings. The number of nitrogens with zero attached hydrogens (tertiary/aromatic N) is 8. The van der Waals surface area contributed by atoms with Crippen LogP contribution in [0.3, 0.4) is 0 Å². The molecule has 29 nitrogen and oxygen atoms in total.